The van der Waals surface area contributed by atoms with Crippen LogP contribution in [0.3, 0.4) is 0 Å². The van der Waals surface area contributed by atoms with Gasteiger partial charge in [-0.15, -0.1) is 6.42 Å². The fraction of sp³-hybridized carbons (Fsp3) is 0.318. The van der Waals surface area contributed by atoms with Crippen molar-refractivity contribution in [3.8, 4) is 12.3 Å². The molecule has 2 heterocycles. The molecule has 3 N–H and O–H groups in total. The van der Waals surface area contributed by atoms with E-state index in [4.69, 9.17) is 6.42 Å². The Morgan fingerprint density at radius 2 is 1.93 bits per heavy atom. The van der Waals surface area contributed by atoms with Crippen LogP contribution in [-0.4, -0.2) is 37.9 Å². The number of terminal acetylenes is 1. The number of carbonyl (C=O) groups excluding carboxylic acids is 1. The number of hydrogen-bond donors (Lipinski definition) is 3. The largest absolute Gasteiger partial charge is 0.354 e. The molecule has 8 nitrogen and oxygen atoms in total. The minimum absolute atomic E-state index is 0.0251. The Bertz CT molecular complexity index is 1100. The second-order valence-corrected chi connectivity index (χ2v) is 7.39. The fourth-order valence-corrected chi connectivity index (χ4v) is 3.69. The Kier molecular flexibility index (Phi) is 5.70. The molecule has 0 aliphatic heterocycles. The topological polar surface area (TPSA) is 105 Å². The summed E-state index contributed by atoms with van der Waals surface area (Å²) in [5.74, 6) is 3.79. The molecule has 0 spiro atoms. The maximum Gasteiger partial charge on any atom is 0.223 e. The number of carbonyl (C=O) groups is 1. The average Bonchev–Trinajstić information content (AvgIpc) is 2.75. The molecule has 3 aromatic rings. The first-order chi connectivity index (χ1) is 14.6. The van der Waals surface area contributed by atoms with Crippen LogP contribution in [-0.2, 0) is 4.79 Å². The number of nitrogens with one attached hydrogen (secondary N) is 3. The molecule has 1 aliphatic rings. The first-order valence-corrected chi connectivity index (χ1v) is 9.96. The van der Waals surface area contributed by atoms with Crippen molar-refractivity contribution >= 4 is 34.4 Å². The summed E-state index contributed by atoms with van der Waals surface area (Å²) in [5, 5.41) is 9.68. The highest BCUT2D eigenvalue weighted by Crippen LogP contribution is 2.24. The Hall–Kier alpha value is -3.73. The number of hydrogen-bond acceptors (Lipinski definition) is 7. The minimum Gasteiger partial charge on any atom is -0.354 e. The number of nitrogens with zero attached hydrogens (tertiary/aromatic N) is 4. The molecule has 30 heavy (non-hydrogen) atoms. The van der Waals surface area contributed by atoms with Gasteiger partial charge in [-0.3, -0.25) is 4.79 Å². The van der Waals surface area contributed by atoms with Crippen molar-refractivity contribution < 1.29 is 4.79 Å². The van der Waals surface area contributed by atoms with Gasteiger partial charge in [-0.25, -0.2) is 19.9 Å². The molecule has 0 radical (unpaired) electrons. The van der Waals surface area contributed by atoms with Gasteiger partial charge in [-0.2, -0.15) is 0 Å². The van der Waals surface area contributed by atoms with Gasteiger partial charge in [0.15, 0.2) is 5.82 Å². The van der Waals surface area contributed by atoms with Crippen molar-refractivity contribution in [1.82, 2.24) is 25.3 Å². The molecule has 152 valence electrons. The molecule has 1 aliphatic carbocycles. The SMILES string of the molecule is C#Cc1cccc(Nc2ncnc3cnc(NC4CCC(NC(C)=O)CC4)nc23)c1. The summed E-state index contributed by atoms with van der Waals surface area (Å²) in [6.45, 7) is 1.56. The third-order valence-electron chi connectivity index (χ3n) is 5.14. The molecular weight excluding hydrogens is 378 g/mol. The van der Waals surface area contributed by atoms with Gasteiger partial charge in [0, 0.05) is 30.3 Å². The maximum absolute atomic E-state index is 11.2. The third kappa shape index (κ3) is 4.63. The summed E-state index contributed by atoms with van der Waals surface area (Å²) in [6, 6.07) is 8.07. The summed E-state index contributed by atoms with van der Waals surface area (Å²) in [5.41, 5.74) is 2.90. The molecule has 1 aromatic carbocycles. The van der Waals surface area contributed by atoms with Crippen LogP contribution in [0.25, 0.3) is 11.0 Å². The van der Waals surface area contributed by atoms with Crippen LogP contribution in [0, 0.1) is 12.3 Å². The van der Waals surface area contributed by atoms with E-state index < -0.39 is 0 Å². The van der Waals surface area contributed by atoms with Gasteiger partial charge in [-0.05, 0) is 43.9 Å². The van der Waals surface area contributed by atoms with Crippen LogP contribution < -0.4 is 16.0 Å². The molecule has 8 heteroatoms. The average molecular weight is 401 g/mol. The van der Waals surface area contributed by atoms with Gasteiger partial charge in [0.25, 0.3) is 0 Å². The third-order valence-corrected chi connectivity index (χ3v) is 5.14. The molecule has 0 atom stereocenters. The predicted octanol–water partition coefficient (Wildman–Crippen LogP) is 3.00. The van der Waals surface area contributed by atoms with Crippen molar-refractivity contribution in [2.24, 2.45) is 0 Å². The van der Waals surface area contributed by atoms with Crippen molar-refractivity contribution in [1.29, 1.82) is 0 Å². The van der Waals surface area contributed by atoms with E-state index in [2.05, 4.69) is 41.8 Å². The highest BCUT2D eigenvalue weighted by molar-refractivity contribution is 5.87. The monoisotopic (exact) mass is 401 g/mol. The van der Waals surface area contributed by atoms with Crippen LogP contribution in [0.2, 0.25) is 0 Å². The first-order valence-electron chi connectivity index (χ1n) is 9.96. The molecule has 0 bridgehead atoms. The predicted molar refractivity (Wildman–Crippen MR) is 116 cm³/mol. The lowest BCUT2D eigenvalue weighted by Gasteiger charge is -2.29. The minimum atomic E-state index is 0.0251. The highest BCUT2D eigenvalue weighted by atomic mass is 16.1. The smallest absolute Gasteiger partial charge is 0.223 e. The lowest BCUT2D eigenvalue weighted by Crippen LogP contribution is -2.39. The molecule has 1 fully saturated rings. The van der Waals surface area contributed by atoms with Gasteiger partial charge < -0.3 is 16.0 Å². The fourth-order valence-electron chi connectivity index (χ4n) is 3.69. The standard InChI is InChI=1S/C22H23N7O/c1-3-15-5-4-6-18(11-15)27-21-20-19(24-13-25-21)12-23-22(29-20)28-17-9-7-16(8-10-17)26-14(2)30/h1,4-6,11-13,16-17H,7-10H2,2H3,(H,26,30)(H,23,28,29)(H,24,25,27). The second kappa shape index (κ2) is 8.74. The summed E-state index contributed by atoms with van der Waals surface area (Å²) >= 11 is 0. The highest BCUT2D eigenvalue weighted by Gasteiger charge is 2.22. The van der Waals surface area contributed by atoms with Crippen LogP contribution >= 0.6 is 0 Å². The van der Waals surface area contributed by atoms with E-state index in [1.165, 1.54) is 6.33 Å². The van der Waals surface area contributed by atoms with Crippen molar-refractivity contribution in [2.75, 3.05) is 10.6 Å². The molecule has 1 amide bonds. The van der Waals surface area contributed by atoms with Gasteiger partial charge >= 0.3 is 0 Å². The van der Waals surface area contributed by atoms with E-state index in [-0.39, 0.29) is 18.0 Å². The number of fused-ring (bicyclic) bond motifs is 1. The van der Waals surface area contributed by atoms with E-state index in [0.717, 1.165) is 36.9 Å². The van der Waals surface area contributed by atoms with E-state index in [1.807, 2.05) is 24.3 Å². The van der Waals surface area contributed by atoms with Crippen molar-refractivity contribution in [3.05, 3.63) is 42.4 Å². The van der Waals surface area contributed by atoms with Gasteiger partial charge in [-0.1, -0.05) is 12.0 Å². The quantitative estimate of drug-likeness (QED) is 0.565. The first kappa shape index (κ1) is 19.6. The Balaban J connectivity index is 1.50. The van der Waals surface area contributed by atoms with Crippen LogP contribution in [0.1, 0.15) is 38.2 Å². The Morgan fingerprint density at radius 1 is 1.13 bits per heavy atom. The van der Waals surface area contributed by atoms with E-state index in [1.54, 1.807) is 13.1 Å². The van der Waals surface area contributed by atoms with Crippen LogP contribution in [0.15, 0.2) is 36.8 Å². The molecular formula is C22H23N7O. The zero-order valence-corrected chi connectivity index (χ0v) is 16.7. The zero-order chi connectivity index (χ0) is 20.9. The second-order valence-electron chi connectivity index (χ2n) is 7.39. The molecule has 0 saturated heterocycles. The van der Waals surface area contributed by atoms with E-state index in [0.29, 0.717) is 22.8 Å². The summed E-state index contributed by atoms with van der Waals surface area (Å²) in [7, 11) is 0. The Morgan fingerprint density at radius 3 is 2.70 bits per heavy atom. The molecule has 0 unspecified atom stereocenters. The molecule has 4 rings (SSSR count). The van der Waals surface area contributed by atoms with E-state index >= 15 is 0 Å². The maximum atomic E-state index is 11.2. The normalized spacial score (nSPS) is 18.4. The van der Waals surface area contributed by atoms with Crippen molar-refractivity contribution in [3.63, 3.8) is 0 Å². The van der Waals surface area contributed by atoms with Gasteiger partial charge in [0.2, 0.25) is 11.9 Å². The zero-order valence-electron chi connectivity index (χ0n) is 16.7. The van der Waals surface area contributed by atoms with E-state index in [9.17, 15) is 4.79 Å². The molecule has 2 aromatic heterocycles. The number of rotatable bonds is 5. The number of benzene rings is 1. The van der Waals surface area contributed by atoms with Gasteiger partial charge in [0.1, 0.15) is 17.4 Å². The lowest BCUT2D eigenvalue weighted by atomic mass is 9.91. The summed E-state index contributed by atoms with van der Waals surface area (Å²) in [4.78, 5) is 28.9. The summed E-state index contributed by atoms with van der Waals surface area (Å²) < 4.78 is 0. The molecule has 1 saturated carbocycles. The number of anilines is 3. The van der Waals surface area contributed by atoms with Crippen molar-refractivity contribution in [2.45, 2.75) is 44.7 Å². The van der Waals surface area contributed by atoms with Gasteiger partial charge in [0.05, 0.1) is 6.20 Å². The van der Waals surface area contributed by atoms with Crippen LogP contribution in [0.4, 0.5) is 17.5 Å². The number of amides is 1. The number of aromatic nitrogens is 4. The van der Waals surface area contributed by atoms with Crippen LogP contribution in [0.5, 0.6) is 0 Å². The lowest BCUT2D eigenvalue weighted by molar-refractivity contribution is -0.119. The summed E-state index contributed by atoms with van der Waals surface area (Å²) in [6.07, 6.45) is 12.4. The Labute approximate surface area is 175 Å².